The minimum atomic E-state index is -4.43. The molecule has 0 radical (unpaired) electrons. The number of halogens is 3. The van der Waals surface area contributed by atoms with Gasteiger partial charge in [0.15, 0.2) is 0 Å². The summed E-state index contributed by atoms with van der Waals surface area (Å²) in [5, 5.41) is 2.92. The van der Waals surface area contributed by atoms with Gasteiger partial charge in [0, 0.05) is 31.0 Å². The summed E-state index contributed by atoms with van der Waals surface area (Å²) in [4.78, 5) is 18.2. The number of amides is 2. The van der Waals surface area contributed by atoms with Crippen molar-refractivity contribution in [2.24, 2.45) is 5.92 Å². The lowest BCUT2D eigenvalue weighted by Crippen LogP contribution is -2.41. The highest BCUT2D eigenvalue weighted by Crippen LogP contribution is 2.30. The molecule has 2 amide bonds. The van der Waals surface area contributed by atoms with E-state index in [0.717, 1.165) is 48.5 Å². The number of carbonyl (C=O) groups excluding carboxylic acids is 1. The van der Waals surface area contributed by atoms with Crippen LogP contribution in [0.15, 0.2) is 66.9 Å². The molecule has 2 aromatic carbocycles. The zero-order valence-corrected chi connectivity index (χ0v) is 19.2. The number of likely N-dealkylation sites (tertiary alicyclic amines) is 1. The van der Waals surface area contributed by atoms with Gasteiger partial charge in [-0.3, -0.25) is 0 Å². The van der Waals surface area contributed by atoms with Crippen LogP contribution in [0.3, 0.4) is 0 Å². The summed E-state index contributed by atoms with van der Waals surface area (Å²) < 4.78 is 48.9. The largest absolute Gasteiger partial charge is 0.497 e. The number of anilines is 1. The van der Waals surface area contributed by atoms with Crippen LogP contribution < -0.4 is 14.8 Å². The van der Waals surface area contributed by atoms with E-state index >= 15 is 0 Å². The number of benzene rings is 2. The molecule has 1 fully saturated rings. The highest BCUT2D eigenvalue weighted by atomic mass is 19.4. The summed E-state index contributed by atoms with van der Waals surface area (Å²) in [5.74, 6) is 1.77. The van der Waals surface area contributed by atoms with Gasteiger partial charge in [-0.1, -0.05) is 12.1 Å². The Morgan fingerprint density at radius 3 is 2.43 bits per heavy atom. The van der Waals surface area contributed by atoms with Gasteiger partial charge in [0.1, 0.15) is 11.5 Å². The van der Waals surface area contributed by atoms with Gasteiger partial charge in [-0.2, -0.15) is 13.2 Å². The summed E-state index contributed by atoms with van der Waals surface area (Å²) in [6, 6.07) is 16.7. The van der Waals surface area contributed by atoms with Crippen molar-refractivity contribution < 1.29 is 27.4 Å². The topological polar surface area (TPSA) is 63.7 Å². The first kappa shape index (κ1) is 24.4. The number of rotatable bonds is 6. The lowest BCUT2D eigenvalue weighted by molar-refractivity contribution is -0.137. The van der Waals surface area contributed by atoms with E-state index in [2.05, 4.69) is 10.3 Å². The molecule has 1 aliphatic rings. The Morgan fingerprint density at radius 1 is 1.06 bits per heavy atom. The minimum absolute atomic E-state index is 0.103. The van der Waals surface area contributed by atoms with Crippen molar-refractivity contribution in [3.63, 3.8) is 0 Å². The van der Waals surface area contributed by atoms with Crippen molar-refractivity contribution in [3.8, 4) is 17.4 Å². The fourth-order valence-electron chi connectivity index (χ4n) is 4.02. The number of piperidine rings is 1. The molecule has 0 spiro atoms. The highest BCUT2D eigenvalue weighted by molar-refractivity contribution is 5.89. The number of pyridine rings is 1. The molecular weight excluding hydrogens is 459 g/mol. The molecule has 1 saturated heterocycles. The summed E-state index contributed by atoms with van der Waals surface area (Å²) in [6.07, 6.45) is -1.09. The Hall–Kier alpha value is -3.75. The third-order valence-corrected chi connectivity index (χ3v) is 5.95. The molecule has 3 aromatic rings. The molecule has 4 rings (SSSR count). The van der Waals surface area contributed by atoms with E-state index in [1.165, 1.54) is 6.07 Å². The Kier molecular flexibility index (Phi) is 7.43. The van der Waals surface area contributed by atoms with Crippen molar-refractivity contribution in [2.75, 3.05) is 25.5 Å². The Balaban J connectivity index is 1.27. The van der Waals surface area contributed by atoms with Crippen LogP contribution in [0.4, 0.5) is 23.7 Å². The van der Waals surface area contributed by atoms with Gasteiger partial charge < -0.3 is 19.7 Å². The highest BCUT2D eigenvalue weighted by Gasteiger charge is 2.30. The molecule has 6 nitrogen and oxygen atoms in total. The average molecular weight is 486 g/mol. The second-order valence-corrected chi connectivity index (χ2v) is 8.43. The van der Waals surface area contributed by atoms with Crippen LogP contribution in [0.1, 0.15) is 24.0 Å². The fourth-order valence-corrected chi connectivity index (χ4v) is 4.02. The van der Waals surface area contributed by atoms with Gasteiger partial charge >= 0.3 is 12.2 Å². The van der Waals surface area contributed by atoms with Gasteiger partial charge in [0.05, 0.1) is 12.7 Å². The number of methoxy groups -OCH3 is 1. The quantitative estimate of drug-likeness (QED) is 0.440. The number of hydrogen-bond donors (Lipinski definition) is 1. The lowest BCUT2D eigenvalue weighted by Gasteiger charge is -2.32. The van der Waals surface area contributed by atoms with Gasteiger partial charge in [0.25, 0.3) is 0 Å². The van der Waals surface area contributed by atoms with E-state index in [4.69, 9.17) is 9.47 Å². The molecule has 2 heterocycles. The van der Waals surface area contributed by atoms with Crippen molar-refractivity contribution in [1.82, 2.24) is 9.88 Å². The van der Waals surface area contributed by atoms with Gasteiger partial charge in [-0.15, -0.1) is 0 Å². The molecular formula is C26H26F3N3O3. The fraction of sp³-hybridized carbons (Fsp3) is 0.308. The predicted molar refractivity (Wildman–Crippen MR) is 126 cm³/mol. The Bertz CT molecular complexity index is 1130. The van der Waals surface area contributed by atoms with Crippen molar-refractivity contribution in [3.05, 3.63) is 78.0 Å². The van der Waals surface area contributed by atoms with Crippen LogP contribution in [0.5, 0.6) is 17.4 Å². The molecule has 35 heavy (non-hydrogen) atoms. The predicted octanol–water partition coefficient (Wildman–Crippen LogP) is 6.39. The number of carbonyl (C=O) groups is 1. The van der Waals surface area contributed by atoms with Crippen LogP contribution >= 0.6 is 0 Å². The Morgan fingerprint density at radius 2 is 1.80 bits per heavy atom. The smallest absolute Gasteiger partial charge is 0.417 e. The maximum Gasteiger partial charge on any atom is 0.417 e. The zero-order chi connectivity index (χ0) is 24.8. The first-order valence-electron chi connectivity index (χ1n) is 11.3. The van der Waals surface area contributed by atoms with E-state index in [9.17, 15) is 18.0 Å². The molecule has 9 heteroatoms. The summed E-state index contributed by atoms with van der Waals surface area (Å²) in [6.45, 7) is 1.33. The van der Waals surface area contributed by atoms with Gasteiger partial charge in [0.2, 0.25) is 5.88 Å². The minimum Gasteiger partial charge on any atom is -0.497 e. The first-order valence-corrected chi connectivity index (χ1v) is 11.3. The molecule has 1 aromatic heterocycles. The SMILES string of the molecule is COc1ccc(NC(=O)N2CCC(Cc3cccc(Oc4ccc(C(F)(F)F)cn4)c3)CC2)cc1. The molecule has 1 aliphatic heterocycles. The maximum absolute atomic E-state index is 12.7. The molecule has 0 saturated carbocycles. The van der Waals surface area contributed by atoms with Crippen LogP contribution in [0.2, 0.25) is 0 Å². The number of aromatic nitrogens is 1. The molecule has 184 valence electrons. The van der Waals surface area contributed by atoms with Crippen molar-refractivity contribution in [2.45, 2.75) is 25.4 Å². The maximum atomic E-state index is 12.7. The second kappa shape index (κ2) is 10.7. The summed E-state index contributed by atoms with van der Waals surface area (Å²) in [5.41, 5.74) is 0.968. The van der Waals surface area contributed by atoms with E-state index < -0.39 is 11.7 Å². The zero-order valence-electron chi connectivity index (χ0n) is 19.2. The van der Waals surface area contributed by atoms with Gasteiger partial charge in [-0.25, -0.2) is 9.78 Å². The molecule has 1 N–H and O–H groups in total. The number of urea groups is 1. The molecule has 0 unspecified atom stereocenters. The van der Waals surface area contributed by atoms with E-state index in [-0.39, 0.29) is 11.9 Å². The van der Waals surface area contributed by atoms with E-state index in [1.807, 2.05) is 23.1 Å². The van der Waals surface area contributed by atoms with Crippen LogP contribution in [-0.4, -0.2) is 36.1 Å². The second-order valence-electron chi connectivity index (χ2n) is 8.43. The molecule has 0 bridgehead atoms. The van der Waals surface area contributed by atoms with E-state index in [0.29, 0.717) is 24.8 Å². The molecule has 0 atom stereocenters. The standard InChI is InChI=1S/C26H26F3N3O3/c1-34-22-8-6-21(7-9-22)31-25(33)32-13-11-18(12-14-32)15-19-3-2-4-23(16-19)35-24-10-5-20(17-30-24)26(27,28)29/h2-10,16-18H,11-15H2,1H3,(H,31,33). The van der Waals surface area contributed by atoms with Crippen LogP contribution in [-0.2, 0) is 12.6 Å². The third kappa shape index (κ3) is 6.65. The summed E-state index contributed by atoms with van der Waals surface area (Å²) >= 11 is 0. The van der Waals surface area contributed by atoms with E-state index in [1.54, 1.807) is 37.4 Å². The molecule has 0 aliphatic carbocycles. The first-order chi connectivity index (χ1) is 16.8. The van der Waals surface area contributed by atoms with Crippen molar-refractivity contribution in [1.29, 1.82) is 0 Å². The van der Waals surface area contributed by atoms with Crippen molar-refractivity contribution >= 4 is 11.7 Å². The number of alkyl halides is 3. The lowest BCUT2D eigenvalue weighted by atomic mass is 9.90. The van der Waals surface area contributed by atoms with Gasteiger partial charge in [-0.05, 0) is 73.2 Å². The number of ether oxygens (including phenoxy) is 2. The van der Waals surface area contributed by atoms with Crippen LogP contribution in [0.25, 0.3) is 0 Å². The van der Waals surface area contributed by atoms with Crippen LogP contribution in [0, 0.1) is 5.92 Å². The monoisotopic (exact) mass is 485 g/mol. The normalized spacial score (nSPS) is 14.5. The Labute approximate surface area is 201 Å². The number of nitrogens with zero attached hydrogens (tertiary/aromatic N) is 2. The average Bonchev–Trinajstić information content (AvgIpc) is 2.85. The third-order valence-electron chi connectivity index (χ3n) is 5.95. The number of hydrogen-bond acceptors (Lipinski definition) is 4. The summed E-state index contributed by atoms with van der Waals surface area (Å²) in [7, 11) is 1.59. The number of nitrogens with one attached hydrogen (secondary N) is 1.